The van der Waals surface area contributed by atoms with Crippen molar-refractivity contribution < 1.29 is 18.0 Å². The molecular weight excluding hydrogens is 419 g/mol. The Morgan fingerprint density at radius 2 is 2.07 bits per heavy atom. The fraction of sp³-hybridized carbons (Fsp3) is 0.400. The number of tetrazole rings is 1. The molecule has 1 aromatic carbocycles. The number of thioether (sulfide) groups is 1. The van der Waals surface area contributed by atoms with Gasteiger partial charge in [-0.1, -0.05) is 16.7 Å². The highest BCUT2D eigenvalue weighted by molar-refractivity contribution is 7.99. The van der Waals surface area contributed by atoms with Gasteiger partial charge in [0.25, 0.3) is 5.91 Å². The molecule has 13 heteroatoms. The molecule has 8 nitrogen and oxygen atoms in total. The molecule has 0 bridgehead atoms. The molecule has 1 amide bonds. The van der Waals surface area contributed by atoms with Gasteiger partial charge in [0.2, 0.25) is 5.95 Å². The van der Waals surface area contributed by atoms with E-state index in [2.05, 4.69) is 25.8 Å². The smallest absolute Gasteiger partial charge is 0.361 e. The van der Waals surface area contributed by atoms with Crippen molar-refractivity contribution in [2.45, 2.75) is 6.18 Å². The van der Waals surface area contributed by atoms with Crippen LogP contribution in [-0.2, 0) is 13.2 Å². The van der Waals surface area contributed by atoms with Crippen molar-refractivity contribution in [3.63, 3.8) is 0 Å². The normalized spacial score (nSPS) is 15.2. The standard InChI is InChI=1S/C15H15ClF3N7OS/c1-25-14(22-23-24-25)21-13(27)9-2-3-10(15(17,18)19)12(11(9)16)20-8-26-4-6-28-7-5-26/h2-3,8H,4-7H2,1H3,(H,21,22,24,27). The maximum atomic E-state index is 13.4. The van der Waals surface area contributed by atoms with Crippen molar-refractivity contribution in [1.29, 1.82) is 0 Å². The van der Waals surface area contributed by atoms with Gasteiger partial charge in [0.1, 0.15) is 0 Å². The second-order valence-electron chi connectivity index (χ2n) is 5.79. The first-order valence-corrected chi connectivity index (χ1v) is 9.60. The summed E-state index contributed by atoms with van der Waals surface area (Å²) in [6, 6.07) is 1.79. The summed E-state index contributed by atoms with van der Waals surface area (Å²) in [5.74, 6) is 0.999. The molecule has 1 N–H and O–H groups in total. The Labute approximate surface area is 167 Å². The molecule has 1 aromatic heterocycles. The number of aryl methyl sites for hydroxylation is 1. The van der Waals surface area contributed by atoms with Gasteiger partial charge in [-0.05, 0) is 22.6 Å². The van der Waals surface area contributed by atoms with Crippen molar-refractivity contribution in [2.75, 3.05) is 29.9 Å². The Morgan fingerprint density at radius 3 is 2.68 bits per heavy atom. The predicted octanol–water partition coefficient (Wildman–Crippen LogP) is 2.84. The zero-order chi connectivity index (χ0) is 20.3. The monoisotopic (exact) mass is 433 g/mol. The van der Waals surface area contributed by atoms with Gasteiger partial charge < -0.3 is 4.90 Å². The van der Waals surface area contributed by atoms with E-state index in [1.807, 2.05) is 4.90 Å². The van der Waals surface area contributed by atoms with Gasteiger partial charge in [0, 0.05) is 31.6 Å². The lowest BCUT2D eigenvalue weighted by molar-refractivity contribution is -0.137. The number of anilines is 1. The van der Waals surface area contributed by atoms with E-state index in [0.29, 0.717) is 13.1 Å². The first kappa shape index (κ1) is 20.4. The van der Waals surface area contributed by atoms with Gasteiger partial charge in [-0.3, -0.25) is 10.1 Å². The van der Waals surface area contributed by atoms with E-state index in [-0.39, 0.29) is 11.5 Å². The van der Waals surface area contributed by atoms with Crippen LogP contribution in [-0.4, -0.2) is 61.9 Å². The first-order chi connectivity index (χ1) is 13.3. The summed E-state index contributed by atoms with van der Waals surface area (Å²) in [4.78, 5) is 18.2. The number of nitrogens with one attached hydrogen (secondary N) is 1. The van der Waals surface area contributed by atoms with Crippen LogP contribution in [0, 0.1) is 0 Å². The Kier molecular flexibility index (Phi) is 6.08. The molecule has 2 heterocycles. The largest absolute Gasteiger partial charge is 0.418 e. The minimum atomic E-state index is -4.67. The number of carbonyl (C=O) groups is 1. The fourth-order valence-corrected chi connectivity index (χ4v) is 3.66. The summed E-state index contributed by atoms with van der Waals surface area (Å²) in [6.07, 6.45) is -3.33. The van der Waals surface area contributed by atoms with Crippen LogP contribution in [0.15, 0.2) is 17.1 Å². The summed E-state index contributed by atoms with van der Waals surface area (Å²) < 4.78 is 41.4. The number of aliphatic imine (C=N–C) groups is 1. The number of hydrogen-bond acceptors (Lipinski definition) is 6. The van der Waals surface area contributed by atoms with Crippen molar-refractivity contribution in [3.05, 3.63) is 28.3 Å². The summed E-state index contributed by atoms with van der Waals surface area (Å²) >= 11 is 7.92. The lowest BCUT2D eigenvalue weighted by Crippen LogP contribution is -2.31. The number of nitrogens with zero attached hydrogens (tertiary/aromatic N) is 6. The molecule has 28 heavy (non-hydrogen) atoms. The van der Waals surface area contributed by atoms with E-state index in [1.165, 1.54) is 18.1 Å². The second kappa shape index (κ2) is 8.35. The Balaban J connectivity index is 1.95. The van der Waals surface area contributed by atoms with Crippen LogP contribution < -0.4 is 5.32 Å². The second-order valence-corrected chi connectivity index (χ2v) is 7.40. The van der Waals surface area contributed by atoms with Crippen molar-refractivity contribution in [1.82, 2.24) is 25.1 Å². The number of carbonyl (C=O) groups excluding carboxylic acids is 1. The van der Waals surface area contributed by atoms with Gasteiger partial charge in [-0.25, -0.2) is 9.67 Å². The molecule has 1 fully saturated rings. The minimum absolute atomic E-state index is 0.0248. The summed E-state index contributed by atoms with van der Waals surface area (Å²) in [7, 11) is 1.50. The van der Waals surface area contributed by atoms with Gasteiger partial charge in [0.05, 0.1) is 28.2 Å². The first-order valence-electron chi connectivity index (χ1n) is 8.06. The van der Waals surface area contributed by atoms with Gasteiger partial charge >= 0.3 is 6.18 Å². The molecule has 0 atom stereocenters. The third kappa shape index (κ3) is 4.55. The molecule has 0 spiro atoms. The maximum Gasteiger partial charge on any atom is 0.418 e. The van der Waals surface area contributed by atoms with Crippen LogP contribution in [0.5, 0.6) is 0 Å². The van der Waals surface area contributed by atoms with Crippen LogP contribution in [0.25, 0.3) is 0 Å². The van der Waals surface area contributed by atoms with Crippen molar-refractivity contribution >= 4 is 47.2 Å². The van der Waals surface area contributed by atoms with Crippen LogP contribution in [0.2, 0.25) is 5.02 Å². The number of alkyl halides is 3. The molecule has 2 aromatic rings. The number of amides is 1. The van der Waals surface area contributed by atoms with Gasteiger partial charge in [-0.2, -0.15) is 24.9 Å². The molecular formula is C15H15ClF3N7OS. The summed E-state index contributed by atoms with van der Waals surface area (Å²) in [5, 5.41) is 12.5. The summed E-state index contributed by atoms with van der Waals surface area (Å²) in [5.41, 5.74) is -1.69. The number of rotatable bonds is 4. The number of benzene rings is 1. The van der Waals surface area contributed by atoms with E-state index in [4.69, 9.17) is 11.6 Å². The van der Waals surface area contributed by atoms with Crippen LogP contribution in [0.3, 0.4) is 0 Å². The number of aromatic nitrogens is 4. The van der Waals surface area contributed by atoms with E-state index in [1.54, 1.807) is 11.8 Å². The molecule has 1 saturated heterocycles. The highest BCUT2D eigenvalue weighted by atomic mass is 35.5. The van der Waals surface area contributed by atoms with E-state index >= 15 is 0 Å². The molecule has 1 aliphatic heterocycles. The van der Waals surface area contributed by atoms with Crippen LogP contribution >= 0.6 is 23.4 Å². The molecule has 0 saturated carbocycles. The summed E-state index contributed by atoms with van der Waals surface area (Å²) in [6.45, 7) is 1.35. The lowest BCUT2D eigenvalue weighted by Gasteiger charge is -2.24. The number of hydrogen-bond donors (Lipinski definition) is 1. The molecule has 0 aliphatic carbocycles. The van der Waals surface area contributed by atoms with Gasteiger partial charge in [0.15, 0.2) is 0 Å². The fourth-order valence-electron chi connectivity index (χ4n) is 2.43. The lowest BCUT2D eigenvalue weighted by atomic mass is 10.1. The zero-order valence-corrected chi connectivity index (χ0v) is 16.1. The zero-order valence-electron chi connectivity index (χ0n) is 14.6. The van der Waals surface area contributed by atoms with Crippen molar-refractivity contribution in [2.24, 2.45) is 12.0 Å². The van der Waals surface area contributed by atoms with E-state index in [0.717, 1.165) is 23.6 Å². The average molecular weight is 434 g/mol. The highest BCUT2D eigenvalue weighted by Gasteiger charge is 2.35. The third-order valence-corrected chi connectivity index (χ3v) is 5.23. The topological polar surface area (TPSA) is 88.3 Å². The van der Waals surface area contributed by atoms with Gasteiger partial charge in [-0.15, -0.1) is 0 Å². The molecule has 1 aliphatic rings. The quantitative estimate of drug-likeness (QED) is 0.589. The molecule has 150 valence electrons. The average Bonchev–Trinajstić information content (AvgIpc) is 3.05. The third-order valence-electron chi connectivity index (χ3n) is 3.91. The molecule has 0 unspecified atom stereocenters. The van der Waals surface area contributed by atoms with Crippen LogP contribution in [0.1, 0.15) is 15.9 Å². The Hall–Kier alpha value is -2.34. The molecule has 0 radical (unpaired) electrons. The van der Waals surface area contributed by atoms with E-state index in [9.17, 15) is 18.0 Å². The maximum absolute atomic E-state index is 13.4. The highest BCUT2D eigenvalue weighted by Crippen LogP contribution is 2.42. The Morgan fingerprint density at radius 1 is 1.36 bits per heavy atom. The van der Waals surface area contributed by atoms with Crippen LogP contribution in [0.4, 0.5) is 24.8 Å². The van der Waals surface area contributed by atoms with Crippen molar-refractivity contribution in [3.8, 4) is 0 Å². The SMILES string of the molecule is Cn1nnnc1NC(=O)c1ccc(C(F)(F)F)c(N=CN2CCSCC2)c1Cl. The predicted molar refractivity (Wildman–Crippen MR) is 100 cm³/mol. The van der Waals surface area contributed by atoms with E-state index < -0.39 is 28.4 Å². The number of halogens is 4. The minimum Gasteiger partial charge on any atom is -0.361 e. The Bertz CT molecular complexity index is 896. The molecule has 3 rings (SSSR count).